The second-order valence-electron chi connectivity index (χ2n) is 9.16. The first-order valence-electron chi connectivity index (χ1n) is 12.8. The van der Waals surface area contributed by atoms with E-state index in [1.165, 1.54) is 0 Å². The van der Waals surface area contributed by atoms with E-state index in [1.807, 2.05) is 48.5 Å². The van der Waals surface area contributed by atoms with Crippen molar-refractivity contribution >= 4 is 34.6 Å². The molecule has 3 amide bonds. The van der Waals surface area contributed by atoms with Crippen LogP contribution in [0.1, 0.15) is 18.4 Å². The Kier molecular flexibility index (Phi) is 9.34. The summed E-state index contributed by atoms with van der Waals surface area (Å²) in [5.74, 6) is -1.01. The highest BCUT2D eigenvalue weighted by Gasteiger charge is 2.27. The van der Waals surface area contributed by atoms with Gasteiger partial charge in [0.25, 0.3) is 5.91 Å². The molecular formula is C29H31N3O7. The number of carboxylic acid groups (broad SMARTS) is 1. The first-order chi connectivity index (χ1) is 18.9. The molecule has 4 rings (SSSR count). The number of hydrogen-bond acceptors (Lipinski definition) is 6. The number of carboxylic acids is 1. The van der Waals surface area contributed by atoms with Gasteiger partial charge in [-0.2, -0.15) is 0 Å². The molecule has 0 spiro atoms. The molecule has 1 aliphatic heterocycles. The molecular weight excluding hydrogens is 502 g/mol. The summed E-state index contributed by atoms with van der Waals surface area (Å²) in [6, 6.07) is 21.2. The Labute approximate surface area is 226 Å². The number of carbonyl (C=O) groups excluding carboxylic acids is 3. The summed E-state index contributed by atoms with van der Waals surface area (Å²) >= 11 is 0. The Morgan fingerprint density at radius 2 is 1.46 bits per heavy atom. The fraction of sp³-hybridized carbons (Fsp3) is 0.310. The summed E-state index contributed by atoms with van der Waals surface area (Å²) in [5, 5.41) is 13.7. The lowest BCUT2D eigenvalue weighted by Crippen LogP contribution is -2.52. The molecule has 0 aromatic heterocycles. The molecule has 1 heterocycles. The number of nitrogens with zero attached hydrogens (tertiary/aromatic N) is 2. The van der Waals surface area contributed by atoms with Crippen LogP contribution in [0.3, 0.4) is 0 Å². The average molecular weight is 534 g/mol. The Hall–Kier alpha value is -4.60. The van der Waals surface area contributed by atoms with Gasteiger partial charge in [-0.3, -0.25) is 9.59 Å². The van der Waals surface area contributed by atoms with E-state index in [0.717, 1.165) is 16.3 Å². The average Bonchev–Trinajstić information content (AvgIpc) is 2.97. The quantitative estimate of drug-likeness (QED) is 0.410. The molecule has 1 atom stereocenters. The van der Waals surface area contributed by atoms with Crippen molar-refractivity contribution in [2.24, 2.45) is 0 Å². The summed E-state index contributed by atoms with van der Waals surface area (Å²) in [4.78, 5) is 52.3. The molecule has 0 saturated carbocycles. The minimum Gasteiger partial charge on any atom is -0.483 e. The number of piperazine rings is 1. The third-order valence-corrected chi connectivity index (χ3v) is 6.54. The Balaban J connectivity index is 1.18. The molecule has 1 aliphatic rings. The van der Waals surface area contributed by atoms with Crippen LogP contribution < -0.4 is 10.1 Å². The van der Waals surface area contributed by atoms with Crippen molar-refractivity contribution in [2.45, 2.75) is 25.5 Å². The largest absolute Gasteiger partial charge is 0.483 e. The van der Waals surface area contributed by atoms with Crippen LogP contribution in [-0.2, 0) is 25.7 Å². The Bertz CT molecular complexity index is 1300. The standard InChI is InChI=1S/C29H31N3O7/c33-26(14-13-24(28(35)36)30-29(37)39-19-21-7-2-1-3-8-21)31-15-17-32(18-16-31)27(34)20-38-25-12-6-10-22-9-4-5-11-23(22)25/h1-12,24H,13-20H2,(H,30,37)(H,35,36)/t24-/m0/s1. The van der Waals surface area contributed by atoms with Gasteiger partial charge >= 0.3 is 12.1 Å². The van der Waals surface area contributed by atoms with E-state index in [0.29, 0.717) is 31.9 Å². The topological polar surface area (TPSA) is 125 Å². The van der Waals surface area contributed by atoms with Crippen molar-refractivity contribution in [2.75, 3.05) is 32.8 Å². The van der Waals surface area contributed by atoms with Crippen molar-refractivity contribution in [1.82, 2.24) is 15.1 Å². The number of amides is 3. The number of fused-ring (bicyclic) bond motifs is 1. The number of ether oxygens (including phenoxy) is 2. The highest BCUT2D eigenvalue weighted by Crippen LogP contribution is 2.25. The summed E-state index contributed by atoms with van der Waals surface area (Å²) < 4.78 is 10.9. The number of hydrogen-bond donors (Lipinski definition) is 2. The molecule has 3 aromatic carbocycles. The van der Waals surface area contributed by atoms with Crippen LogP contribution in [0, 0.1) is 0 Å². The van der Waals surface area contributed by atoms with Crippen molar-refractivity contribution in [3.63, 3.8) is 0 Å². The van der Waals surface area contributed by atoms with E-state index >= 15 is 0 Å². The molecule has 3 aromatic rings. The first kappa shape index (κ1) is 27.4. The van der Waals surface area contributed by atoms with E-state index in [9.17, 15) is 24.3 Å². The molecule has 0 aliphatic carbocycles. The summed E-state index contributed by atoms with van der Waals surface area (Å²) in [6.45, 7) is 1.29. The number of nitrogens with one attached hydrogen (secondary N) is 1. The van der Waals surface area contributed by atoms with Gasteiger partial charge in [0.15, 0.2) is 6.61 Å². The van der Waals surface area contributed by atoms with Crippen LogP contribution in [0.25, 0.3) is 10.8 Å². The summed E-state index contributed by atoms with van der Waals surface area (Å²) in [5.41, 5.74) is 0.771. The minimum absolute atomic E-state index is 0.00786. The molecule has 1 saturated heterocycles. The normalized spacial score (nSPS) is 13.9. The summed E-state index contributed by atoms with van der Waals surface area (Å²) in [6.07, 6.45) is -1.00. The molecule has 2 N–H and O–H groups in total. The third kappa shape index (κ3) is 7.70. The zero-order chi connectivity index (χ0) is 27.6. The maximum Gasteiger partial charge on any atom is 0.408 e. The van der Waals surface area contributed by atoms with E-state index in [1.54, 1.807) is 34.1 Å². The van der Waals surface area contributed by atoms with Gasteiger partial charge in [0.1, 0.15) is 18.4 Å². The van der Waals surface area contributed by atoms with Gasteiger partial charge < -0.3 is 29.7 Å². The molecule has 39 heavy (non-hydrogen) atoms. The molecule has 0 radical (unpaired) electrons. The second-order valence-corrected chi connectivity index (χ2v) is 9.16. The van der Waals surface area contributed by atoms with Gasteiger partial charge in [0.05, 0.1) is 0 Å². The van der Waals surface area contributed by atoms with Crippen molar-refractivity contribution in [1.29, 1.82) is 0 Å². The van der Waals surface area contributed by atoms with Crippen LogP contribution in [0.5, 0.6) is 5.75 Å². The lowest BCUT2D eigenvalue weighted by molar-refractivity contribution is -0.142. The lowest BCUT2D eigenvalue weighted by atomic mass is 10.1. The first-order valence-corrected chi connectivity index (χ1v) is 12.8. The SMILES string of the molecule is O=C(N[C@@H](CCC(=O)N1CCN(C(=O)COc2cccc3ccccc23)CC1)C(=O)O)OCc1ccccc1. The molecule has 0 bridgehead atoms. The van der Waals surface area contributed by atoms with Gasteiger partial charge in [-0.1, -0.05) is 66.7 Å². The van der Waals surface area contributed by atoms with Crippen LogP contribution in [0.4, 0.5) is 4.79 Å². The monoisotopic (exact) mass is 533 g/mol. The van der Waals surface area contributed by atoms with Crippen LogP contribution in [0.15, 0.2) is 72.8 Å². The van der Waals surface area contributed by atoms with E-state index < -0.39 is 18.1 Å². The molecule has 10 heteroatoms. The molecule has 1 fully saturated rings. The fourth-order valence-corrected chi connectivity index (χ4v) is 4.35. The molecule has 204 valence electrons. The van der Waals surface area contributed by atoms with Gasteiger partial charge in [-0.25, -0.2) is 9.59 Å². The van der Waals surface area contributed by atoms with E-state index in [4.69, 9.17) is 9.47 Å². The van der Waals surface area contributed by atoms with Crippen molar-refractivity contribution < 1.29 is 33.8 Å². The maximum absolute atomic E-state index is 12.7. The Morgan fingerprint density at radius 3 is 2.18 bits per heavy atom. The van der Waals surface area contributed by atoms with E-state index in [-0.39, 0.29) is 37.9 Å². The van der Waals surface area contributed by atoms with Gasteiger partial charge in [0.2, 0.25) is 5.91 Å². The van der Waals surface area contributed by atoms with Crippen LogP contribution in [-0.4, -0.2) is 77.6 Å². The fourth-order valence-electron chi connectivity index (χ4n) is 4.35. The molecule has 0 unspecified atom stereocenters. The number of rotatable bonds is 10. The maximum atomic E-state index is 12.7. The van der Waals surface area contributed by atoms with Gasteiger partial charge in [-0.05, 0) is 23.4 Å². The van der Waals surface area contributed by atoms with E-state index in [2.05, 4.69) is 5.32 Å². The number of alkyl carbamates (subject to hydrolysis) is 1. The number of benzene rings is 3. The van der Waals surface area contributed by atoms with Crippen molar-refractivity contribution in [3.8, 4) is 5.75 Å². The number of aliphatic carboxylic acids is 1. The zero-order valence-corrected chi connectivity index (χ0v) is 21.5. The van der Waals surface area contributed by atoms with Gasteiger partial charge in [0, 0.05) is 38.0 Å². The lowest BCUT2D eigenvalue weighted by Gasteiger charge is -2.35. The molecule has 10 nitrogen and oxygen atoms in total. The highest BCUT2D eigenvalue weighted by molar-refractivity contribution is 5.88. The summed E-state index contributed by atoms with van der Waals surface area (Å²) in [7, 11) is 0. The predicted octanol–water partition coefficient (Wildman–Crippen LogP) is 3.05. The predicted molar refractivity (Wildman–Crippen MR) is 143 cm³/mol. The third-order valence-electron chi connectivity index (χ3n) is 6.54. The van der Waals surface area contributed by atoms with Crippen molar-refractivity contribution in [3.05, 3.63) is 78.4 Å². The Morgan fingerprint density at radius 1 is 0.821 bits per heavy atom. The van der Waals surface area contributed by atoms with Crippen LogP contribution >= 0.6 is 0 Å². The highest BCUT2D eigenvalue weighted by atomic mass is 16.5. The minimum atomic E-state index is -1.26. The van der Waals surface area contributed by atoms with Gasteiger partial charge in [-0.15, -0.1) is 0 Å². The van der Waals surface area contributed by atoms with Crippen LogP contribution in [0.2, 0.25) is 0 Å². The zero-order valence-electron chi connectivity index (χ0n) is 21.5. The smallest absolute Gasteiger partial charge is 0.408 e. The second kappa shape index (κ2) is 13.3. The number of carbonyl (C=O) groups is 4.